The van der Waals surface area contributed by atoms with Gasteiger partial charge in [-0.2, -0.15) is 0 Å². The second kappa shape index (κ2) is 8.71. The number of hydrogen-bond acceptors (Lipinski definition) is 5. The summed E-state index contributed by atoms with van der Waals surface area (Å²) >= 11 is 0. The zero-order chi connectivity index (χ0) is 14.8. The van der Waals surface area contributed by atoms with Crippen LogP contribution >= 0.6 is 0 Å². The maximum Gasteiger partial charge on any atom is 0.325 e. The van der Waals surface area contributed by atoms with Gasteiger partial charge in [-0.3, -0.25) is 9.59 Å². The first-order chi connectivity index (χ1) is 9.63. The predicted molar refractivity (Wildman–Crippen MR) is 76.8 cm³/mol. The average Bonchev–Trinajstić information content (AvgIpc) is 2.49. The number of hydrogen-bond donors (Lipinski definition) is 3. The summed E-state index contributed by atoms with van der Waals surface area (Å²) in [5.41, 5.74) is 6.59. The van der Waals surface area contributed by atoms with Gasteiger partial charge in [0.05, 0.1) is 0 Å². The highest BCUT2D eigenvalue weighted by Crippen LogP contribution is 2.02. The number of ether oxygens (including phenoxy) is 1. The summed E-state index contributed by atoms with van der Waals surface area (Å²) in [6.45, 7) is 5.08. The summed E-state index contributed by atoms with van der Waals surface area (Å²) in [6, 6.07) is 8.89. The smallest absolute Gasteiger partial charge is 0.325 e. The molecule has 1 atom stereocenters. The molecular formula is C14H19N3O3. The van der Waals surface area contributed by atoms with Crippen LogP contribution in [0.15, 0.2) is 43.0 Å². The van der Waals surface area contributed by atoms with Gasteiger partial charge in [0, 0.05) is 5.69 Å². The molecule has 1 rings (SSSR count). The van der Waals surface area contributed by atoms with Crippen LogP contribution in [0.5, 0.6) is 0 Å². The van der Waals surface area contributed by atoms with Crippen molar-refractivity contribution in [2.75, 3.05) is 18.6 Å². The summed E-state index contributed by atoms with van der Waals surface area (Å²) < 4.78 is 4.74. The minimum Gasteiger partial charge on any atom is -0.460 e. The van der Waals surface area contributed by atoms with E-state index < -0.39 is 12.0 Å². The molecule has 6 heteroatoms. The van der Waals surface area contributed by atoms with Gasteiger partial charge in [-0.1, -0.05) is 30.9 Å². The Kier molecular flexibility index (Phi) is 6.84. The first-order valence-corrected chi connectivity index (χ1v) is 6.24. The molecule has 0 saturated heterocycles. The van der Waals surface area contributed by atoms with E-state index in [2.05, 4.69) is 22.7 Å². The number of esters is 1. The zero-order valence-corrected chi connectivity index (χ0v) is 11.4. The van der Waals surface area contributed by atoms with Crippen LogP contribution in [-0.2, 0) is 14.3 Å². The summed E-state index contributed by atoms with van der Waals surface area (Å²) in [6.07, 6.45) is 1.47. The number of rotatable bonds is 8. The molecule has 0 aromatic heterocycles. The largest absolute Gasteiger partial charge is 0.460 e. The van der Waals surface area contributed by atoms with Crippen molar-refractivity contribution in [1.29, 1.82) is 0 Å². The highest BCUT2D eigenvalue weighted by atomic mass is 16.5. The Morgan fingerprint density at radius 2 is 2.05 bits per heavy atom. The molecule has 0 aliphatic heterocycles. The quantitative estimate of drug-likeness (QED) is 0.373. The van der Waals surface area contributed by atoms with Crippen molar-refractivity contribution in [3.8, 4) is 0 Å². The highest BCUT2D eigenvalue weighted by Gasteiger charge is 2.13. The fraction of sp³-hybridized carbons (Fsp3) is 0.286. The van der Waals surface area contributed by atoms with Crippen LogP contribution in [0.2, 0.25) is 0 Å². The number of carbonyl (C=O) groups excluding carboxylic acids is 2. The van der Waals surface area contributed by atoms with Crippen molar-refractivity contribution in [1.82, 2.24) is 10.7 Å². The fourth-order valence-electron chi connectivity index (χ4n) is 1.29. The predicted octanol–water partition coefficient (Wildman–Crippen LogP) is 0.837. The molecule has 0 radical (unpaired) electrons. The van der Waals surface area contributed by atoms with Crippen LogP contribution in [-0.4, -0.2) is 31.1 Å². The maximum atomic E-state index is 11.7. The lowest BCUT2D eigenvalue weighted by Gasteiger charge is -2.15. The maximum absolute atomic E-state index is 11.7. The van der Waals surface area contributed by atoms with E-state index in [4.69, 9.17) is 4.74 Å². The summed E-state index contributed by atoms with van der Waals surface area (Å²) in [5.74, 6) is -0.801. The average molecular weight is 277 g/mol. The van der Waals surface area contributed by atoms with Crippen molar-refractivity contribution in [2.45, 2.75) is 13.0 Å². The minimum absolute atomic E-state index is 0.137. The Balaban J connectivity index is 2.25. The molecule has 0 aliphatic rings. The Hall–Kier alpha value is -2.34. The number of amides is 1. The Labute approximate surface area is 118 Å². The number of anilines is 1. The van der Waals surface area contributed by atoms with Gasteiger partial charge >= 0.3 is 5.97 Å². The van der Waals surface area contributed by atoms with E-state index >= 15 is 0 Å². The van der Waals surface area contributed by atoms with Crippen LogP contribution in [0.25, 0.3) is 0 Å². The van der Waals surface area contributed by atoms with Gasteiger partial charge in [-0.05, 0) is 19.1 Å². The molecule has 6 nitrogen and oxygen atoms in total. The molecule has 0 fully saturated rings. The number of hydrazine groups is 1. The molecule has 1 amide bonds. The third-order valence-electron chi connectivity index (χ3n) is 2.37. The summed E-state index contributed by atoms with van der Waals surface area (Å²) in [4.78, 5) is 22.9. The Morgan fingerprint density at radius 3 is 2.70 bits per heavy atom. The summed E-state index contributed by atoms with van der Waals surface area (Å²) in [7, 11) is 0. The number of para-hydroxylation sites is 1. The van der Waals surface area contributed by atoms with Crippen molar-refractivity contribution < 1.29 is 14.3 Å². The first kappa shape index (κ1) is 15.7. The number of benzene rings is 1. The number of nitrogens with one attached hydrogen (secondary N) is 3. The van der Waals surface area contributed by atoms with Crippen LogP contribution in [0.1, 0.15) is 6.92 Å². The van der Waals surface area contributed by atoms with Crippen LogP contribution in [0, 0.1) is 0 Å². The van der Waals surface area contributed by atoms with E-state index in [1.165, 1.54) is 6.08 Å². The van der Waals surface area contributed by atoms with Gasteiger partial charge in [-0.15, -0.1) is 0 Å². The highest BCUT2D eigenvalue weighted by molar-refractivity contribution is 5.85. The van der Waals surface area contributed by atoms with E-state index in [9.17, 15) is 9.59 Å². The Bertz CT molecular complexity index is 448. The normalized spacial score (nSPS) is 11.2. The van der Waals surface area contributed by atoms with Crippen molar-refractivity contribution in [2.24, 2.45) is 0 Å². The third-order valence-corrected chi connectivity index (χ3v) is 2.37. The molecule has 20 heavy (non-hydrogen) atoms. The van der Waals surface area contributed by atoms with Crippen LogP contribution in [0.3, 0.4) is 0 Å². The SMILES string of the molecule is C=CCOC(=O)CNC(=O)[C@H](C)NNc1ccccc1. The zero-order valence-electron chi connectivity index (χ0n) is 11.4. The van der Waals surface area contributed by atoms with Crippen LogP contribution in [0.4, 0.5) is 5.69 Å². The van der Waals surface area contributed by atoms with Gasteiger partial charge in [0.2, 0.25) is 5.91 Å². The topological polar surface area (TPSA) is 79.5 Å². The molecule has 0 unspecified atom stereocenters. The first-order valence-electron chi connectivity index (χ1n) is 6.24. The molecule has 3 N–H and O–H groups in total. The van der Waals surface area contributed by atoms with Gasteiger partial charge in [0.1, 0.15) is 19.2 Å². The number of carbonyl (C=O) groups is 2. The molecule has 0 spiro atoms. The van der Waals surface area contributed by atoms with Gasteiger partial charge in [-0.25, -0.2) is 5.43 Å². The molecule has 108 valence electrons. The fourth-order valence-corrected chi connectivity index (χ4v) is 1.29. The minimum atomic E-state index is -0.499. The van der Waals surface area contributed by atoms with Crippen molar-refractivity contribution in [3.63, 3.8) is 0 Å². The van der Waals surface area contributed by atoms with E-state index in [0.717, 1.165) is 5.69 Å². The molecular weight excluding hydrogens is 258 g/mol. The lowest BCUT2D eigenvalue weighted by Crippen LogP contribution is -2.46. The van der Waals surface area contributed by atoms with E-state index in [-0.39, 0.29) is 19.1 Å². The monoisotopic (exact) mass is 277 g/mol. The standard InChI is InChI=1S/C14H19N3O3/c1-3-9-20-13(18)10-15-14(19)11(2)16-17-12-7-5-4-6-8-12/h3-8,11,16-17H,1,9-10H2,2H3,(H,15,19)/t11-/m0/s1. The van der Waals surface area contributed by atoms with E-state index in [1.807, 2.05) is 30.3 Å². The van der Waals surface area contributed by atoms with Crippen molar-refractivity contribution in [3.05, 3.63) is 43.0 Å². The lowest BCUT2D eigenvalue weighted by atomic mass is 10.3. The molecule has 0 bridgehead atoms. The van der Waals surface area contributed by atoms with Gasteiger partial charge in [0.15, 0.2) is 0 Å². The lowest BCUT2D eigenvalue weighted by molar-refractivity contribution is -0.142. The second-order valence-electron chi connectivity index (χ2n) is 4.05. The summed E-state index contributed by atoms with van der Waals surface area (Å²) in [5, 5.41) is 2.48. The Morgan fingerprint density at radius 1 is 1.35 bits per heavy atom. The van der Waals surface area contributed by atoms with Gasteiger partial charge < -0.3 is 15.5 Å². The van der Waals surface area contributed by atoms with Crippen molar-refractivity contribution >= 4 is 17.6 Å². The molecule has 1 aromatic rings. The molecule has 0 saturated carbocycles. The third kappa shape index (κ3) is 6.01. The van der Waals surface area contributed by atoms with E-state index in [1.54, 1.807) is 6.92 Å². The van der Waals surface area contributed by atoms with E-state index in [0.29, 0.717) is 0 Å². The van der Waals surface area contributed by atoms with Crippen LogP contribution < -0.4 is 16.2 Å². The van der Waals surface area contributed by atoms with Gasteiger partial charge in [0.25, 0.3) is 0 Å². The second-order valence-corrected chi connectivity index (χ2v) is 4.05. The molecule has 0 aliphatic carbocycles. The molecule has 0 heterocycles. The molecule has 1 aromatic carbocycles.